The molecular weight excluding hydrogens is 512 g/mol. The van der Waals surface area contributed by atoms with E-state index < -0.39 is 11.6 Å². The SMILES string of the molecule is CCOc1ccc2nc(SC3=C(O)CC(CCc4ccc(OC)c(Cl)c4)(C4CCCC4)OC3=O)[nH]c2c1. The number of fused-ring (bicyclic) bond motifs is 1. The summed E-state index contributed by atoms with van der Waals surface area (Å²) in [5.74, 6) is 1.15. The van der Waals surface area contributed by atoms with Gasteiger partial charge in [-0.05, 0) is 80.1 Å². The number of carbonyl (C=O) groups excluding carboxylic acids is 1. The van der Waals surface area contributed by atoms with Crippen molar-refractivity contribution in [2.45, 2.75) is 62.6 Å². The maximum atomic E-state index is 13.3. The summed E-state index contributed by atoms with van der Waals surface area (Å²) >= 11 is 7.44. The number of carbonyl (C=O) groups is 1. The molecule has 2 heterocycles. The summed E-state index contributed by atoms with van der Waals surface area (Å²) in [5, 5.41) is 12.2. The topological polar surface area (TPSA) is 93.7 Å². The highest BCUT2D eigenvalue weighted by atomic mass is 35.5. The van der Waals surface area contributed by atoms with Crippen LogP contribution in [0, 0.1) is 5.92 Å². The number of aromatic nitrogens is 2. The number of methoxy groups -OCH3 is 1. The fourth-order valence-corrected chi connectivity index (χ4v) is 6.55. The Morgan fingerprint density at radius 2 is 2.05 bits per heavy atom. The van der Waals surface area contributed by atoms with Gasteiger partial charge in [-0.2, -0.15) is 0 Å². The molecule has 1 saturated carbocycles. The molecule has 1 aliphatic carbocycles. The largest absolute Gasteiger partial charge is 0.511 e. The van der Waals surface area contributed by atoms with E-state index in [4.69, 9.17) is 25.8 Å². The van der Waals surface area contributed by atoms with E-state index in [1.807, 2.05) is 43.3 Å². The van der Waals surface area contributed by atoms with E-state index in [0.717, 1.165) is 59.8 Å². The Kier molecular flexibility index (Phi) is 7.58. The Hall–Kier alpha value is -2.84. The number of hydrogen-bond acceptors (Lipinski definition) is 7. The lowest BCUT2D eigenvalue weighted by atomic mass is 9.77. The Balaban J connectivity index is 1.37. The lowest BCUT2D eigenvalue weighted by molar-refractivity contribution is -0.166. The molecule has 2 N–H and O–H groups in total. The number of aryl methyl sites for hydroxylation is 1. The molecule has 1 atom stereocenters. The predicted molar refractivity (Wildman–Crippen MR) is 144 cm³/mol. The molecule has 0 bridgehead atoms. The number of aliphatic hydroxyl groups excluding tert-OH is 1. The predicted octanol–water partition coefficient (Wildman–Crippen LogP) is 6.99. The Morgan fingerprint density at radius 1 is 1.24 bits per heavy atom. The number of nitrogens with one attached hydrogen (secondary N) is 1. The van der Waals surface area contributed by atoms with E-state index in [9.17, 15) is 9.90 Å². The third-order valence-electron chi connectivity index (χ3n) is 7.30. The summed E-state index contributed by atoms with van der Waals surface area (Å²) in [5.41, 5.74) is 1.86. The molecule has 1 aliphatic heterocycles. The lowest BCUT2D eigenvalue weighted by Gasteiger charge is -2.41. The monoisotopic (exact) mass is 542 g/mol. The maximum Gasteiger partial charge on any atom is 0.349 e. The third-order valence-corrected chi connectivity index (χ3v) is 8.59. The number of thioether (sulfide) groups is 1. The zero-order valence-corrected chi connectivity index (χ0v) is 22.6. The van der Waals surface area contributed by atoms with E-state index >= 15 is 0 Å². The van der Waals surface area contributed by atoms with E-state index in [2.05, 4.69) is 9.97 Å². The lowest BCUT2D eigenvalue weighted by Crippen LogP contribution is -2.45. The standard InChI is InChI=1S/C28H31ClN2O5S/c1-3-35-19-9-10-21-22(15-19)31-27(30-21)37-25-23(32)16-28(36-26(25)33,18-6-4-5-7-18)13-12-17-8-11-24(34-2)20(29)14-17/h8-11,14-15,18,32H,3-7,12-13,16H2,1-2H3,(H,30,31). The van der Waals surface area contributed by atoms with Gasteiger partial charge in [-0.1, -0.05) is 30.5 Å². The highest BCUT2D eigenvalue weighted by Gasteiger charge is 2.48. The number of benzene rings is 2. The number of rotatable bonds is 9. The van der Waals surface area contributed by atoms with Crippen LogP contribution in [0.1, 0.15) is 51.0 Å². The molecule has 196 valence electrons. The van der Waals surface area contributed by atoms with Crippen LogP contribution in [0.2, 0.25) is 5.02 Å². The smallest absolute Gasteiger partial charge is 0.349 e. The Labute approximate surface area is 225 Å². The Morgan fingerprint density at radius 3 is 2.76 bits per heavy atom. The summed E-state index contributed by atoms with van der Waals surface area (Å²) in [4.78, 5) is 21.3. The first-order valence-electron chi connectivity index (χ1n) is 12.7. The van der Waals surface area contributed by atoms with Crippen LogP contribution in [0.3, 0.4) is 0 Å². The van der Waals surface area contributed by atoms with Crippen LogP contribution in [0.25, 0.3) is 11.0 Å². The zero-order chi connectivity index (χ0) is 26.0. The van der Waals surface area contributed by atoms with Crippen molar-refractivity contribution >= 4 is 40.4 Å². The van der Waals surface area contributed by atoms with Gasteiger partial charge in [-0.25, -0.2) is 9.78 Å². The van der Waals surface area contributed by atoms with Gasteiger partial charge in [-0.3, -0.25) is 0 Å². The summed E-state index contributed by atoms with van der Waals surface area (Å²) < 4.78 is 17.1. The average Bonchev–Trinajstić information content (AvgIpc) is 3.56. The molecule has 1 unspecified atom stereocenters. The van der Waals surface area contributed by atoms with Crippen molar-refractivity contribution in [3.8, 4) is 11.5 Å². The molecule has 0 radical (unpaired) electrons. The molecule has 0 amide bonds. The average molecular weight is 543 g/mol. The molecule has 5 rings (SSSR count). The van der Waals surface area contributed by atoms with Gasteiger partial charge in [0.2, 0.25) is 0 Å². The summed E-state index contributed by atoms with van der Waals surface area (Å²) in [6.45, 7) is 2.50. The van der Waals surface area contributed by atoms with Crippen LogP contribution in [-0.2, 0) is 16.0 Å². The van der Waals surface area contributed by atoms with Crippen LogP contribution in [0.5, 0.6) is 11.5 Å². The second-order valence-corrected chi connectivity index (χ2v) is 11.0. The van der Waals surface area contributed by atoms with E-state index in [1.54, 1.807) is 7.11 Å². The molecule has 2 aliphatic rings. The third kappa shape index (κ3) is 5.41. The summed E-state index contributed by atoms with van der Waals surface area (Å²) in [6.07, 6.45) is 5.76. The first kappa shape index (κ1) is 25.8. The van der Waals surface area contributed by atoms with Gasteiger partial charge in [0.25, 0.3) is 0 Å². The van der Waals surface area contributed by atoms with E-state index in [0.29, 0.717) is 41.8 Å². The molecule has 1 fully saturated rings. The van der Waals surface area contributed by atoms with Crippen molar-refractivity contribution in [3.63, 3.8) is 0 Å². The van der Waals surface area contributed by atoms with Crippen molar-refractivity contribution < 1.29 is 24.1 Å². The molecular formula is C28H31ClN2O5S. The van der Waals surface area contributed by atoms with Crippen LogP contribution in [0.15, 0.2) is 52.2 Å². The number of cyclic esters (lactones) is 1. The second-order valence-electron chi connectivity index (χ2n) is 9.61. The van der Waals surface area contributed by atoms with Crippen molar-refractivity contribution in [2.24, 2.45) is 5.92 Å². The van der Waals surface area contributed by atoms with Crippen LogP contribution in [-0.4, -0.2) is 40.4 Å². The minimum atomic E-state index is -0.742. The van der Waals surface area contributed by atoms with Crippen molar-refractivity contribution in [3.05, 3.63) is 57.6 Å². The molecule has 2 aromatic carbocycles. The van der Waals surface area contributed by atoms with Gasteiger partial charge in [-0.15, -0.1) is 0 Å². The highest BCUT2D eigenvalue weighted by molar-refractivity contribution is 8.03. The molecule has 7 nitrogen and oxygen atoms in total. The number of halogens is 1. The number of ether oxygens (including phenoxy) is 3. The maximum absolute atomic E-state index is 13.3. The second kappa shape index (κ2) is 10.9. The number of esters is 1. The molecule has 0 saturated heterocycles. The molecule has 1 aromatic heterocycles. The number of aliphatic hydroxyl groups is 1. The van der Waals surface area contributed by atoms with Gasteiger partial charge < -0.3 is 24.3 Å². The zero-order valence-electron chi connectivity index (χ0n) is 21.0. The van der Waals surface area contributed by atoms with Crippen LogP contribution >= 0.6 is 23.4 Å². The quantitative estimate of drug-likeness (QED) is 0.281. The minimum Gasteiger partial charge on any atom is -0.511 e. The van der Waals surface area contributed by atoms with Crippen molar-refractivity contribution in [1.82, 2.24) is 9.97 Å². The van der Waals surface area contributed by atoms with Crippen molar-refractivity contribution in [1.29, 1.82) is 0 Å². The molecule has 3 aromatic rings. The number of hydrogen-bond donors (Lipinski definition) is 2. The van der Waals surface area contributed by atoms with Gasteiger partial charge in [0.1, 0.15) is 27.8 Å². The van der Waals surface area contributed by atoms with E-state index in [-0.39, 0.29) is 16.6 Å². The number of nitrogens with zero attached hydrogens (tertiary/aromatic N) is 1. The van der Waals surface area contributed by atoms with Gasteiger partial charge in [0.05, 0.1) is 29.8 Å². The number of imidazole rings is 1. The Bertz CT molecular complexity index is 1330. The van der Waals surface area contributed by atoms with Crippen LogP contribution in [0.4, 0.5) is 0 Å². The first-order valence-corrected chi connectivity index (χ1v) is 13.9. The summed E-state index contributed by atoms with van der Waals surface area (Å²) in [6, 6.07) is 11.3. The van der Waals surface area contributed by atoms with Gasteiger partial charge in [0.15, 0.2) is 5.16 Å². The summed E-state index contributed by atoms with van der Waals surface area (Å²) in [7, 11) is 1.59. The van der Waals surface area contributed by atoms with E-state index in [1.165, 1.54) is 0 Å². The normalized spacial score (nSPS) is 20.5. The molecule has 9 heteroatoms. The number of H-pyrrole nitrogens is 1. The first-order chi connectivity index (χ1) is 17.9. The van der Waals surface area contributed by atoms with Crippen molar-refractivity contribution in [2.75, 3.05) is 13.7 Å². The fourth-order valence-electron chi connectivity index (χ4n) is 5.46. The van der Waals surface area contributed by atoms with Crippen LogP contribution < -0.4 is 9.47 Å². The van der Waals surface area contributed by atoms with Gasteiger partial charge in [0, 0.05) is 12.5 Å². The molecule has 37 heavy (non-hydrogen) atoms. The highest BCUT2D eigenvalue weighted by Crippen LogP contribution is 2.48. The molecule has 0 spiro atoms. The minimum absolute atomic E-state index is 0.0661. The number of aromatic amines is 1. The van der Waals surface area contributed by atoms with Gasteiger partial charge >= 0.3 is 5.97 Å². The fraction of sp³-hybridized carbons (Fsp3) is 0.429.